The molecule has 1 amide bonds. The number of hydrogen-bond acceptors (Lipinski definition) is 2. The molecule has 0 bridgehead atoms. The maximum Gasteiger partial charge on any atom is 0.404 e. The molecule has 0 saturated heterocycles. The van der Waals surface area contributed by atoms with Crippen LogP contribution in [0.4, 0.5) is 4.79 Å². The van der Waals surface area contributed by atoms with Crippen molar-refractivity contribution in [1.82, 2.24) is 0 Å². The van der Waals surface area contributed by atoms with Gasteiger partial charge in [0.25, 0.3) is 0 Å². The lowest BCUT2D eigenvalue weighted by Gasteiger charge is -2.23. The standard InChI is InChI=1S/C11H12BrNO2/c12-9-3-1-8-6-10(15-11(13)14)4-2-7(8)5-9/h1,3,5,10H,2,4,6H2,(H2,13,14)/t10-/m1/s1. The van der Waals surface area contributed by atoms with Gasteiger partial charge < -0.3 is 10.5 Å². The van der Waals surface area contributed by atoms with Crippen molar-refractivity contribution < 1.29 is 9.53 Å². The molecule has 3 nitrogen and oxygen atoms in total. The van der Waals surface area contributed by atoms with E-state index < -0.39 is 6.09 Å². The average Bonchev–Trinajstić information content (AvgIpc) is 2.17. The Balaban J connectivity index is 2.13. The summed E-state index contributed by atoms with van der Waals surface area (Å²) < 4.78 is 6.10. The number of hydrogen-bond donors (Lipinski definition) is 1. The van der Waals surface area contributed by atoms with Crippen molar-refractivity contribution in [3.8, 4) is 0 Å². The number of fused-ring (bicyclic) bond motifs is 1. The predicted molar refractivity (Wildman–Crippen MR) is 60.6 cm³/mol. The molecule has 0 saturated carbocycles. The van der Waals surface area contributed by atoms with Crippen molar-refractivity contribution in [1.29, 1.82) is 0 Å². The van der Waals surface area contributed by atoms with E-state index in [1.165, 1.54) is 11.1 Å². The summed E-state index contributed by atoms with van der Waals surface area (Å²) in [5.41, 5.74) is 7.57. The number of nitrogens with two attached hydrogens (primary N) is 1. The van der Waals surface area contributed by atoms with E-state index in [0.717, 1.165) is 23.7 Å². The molecule has 80 valence electrons. The van der Waals surface area contributed by atoms with Gasteiger partial charge in [-0.2, -0.15) is 0 Å². The molecule has 0 unspecified atom stereocenters. The highest BCUT2D eigenvalue weighted by atomic mass is 79.9. The van der Waals surface area contributed by atoms with Gasteiger partial charge in [0.05, 0.1) is 0 Å². The number of ether oxygens (including phenoxy) is 1. The maximum absolute atomic E-state index is 10.6. The molecule has 0 radical (unpaired) electrons. The highest BCUT2D eigenvalue weighted by Gasteiger charge is 2.20. The smallest absolute Gasteiger partial charge is 0.404 e. The molecule has 4 heteroatoms. The van der Waals surface area contributed by atoms with Crippen molar-refractivity contribution in [2.24, 2.45) is 5.73 Å². The number of carbonyl (C=O) groups excluding carboxylic acids is 1. The van der Waals surface area contributed by atoms with E-state index in [4.69, 9.17) is 10.5 Å². The van der Waals surface area contributed by atoms with Crippen LogP contribution in [0, 0.1) is 0 Å². The molecule has 1 aromatic rings. The van der Waals surface area contributed by atoms with Gasteiger partial charge in [0, 0.05) is 10.9 Å². The topological polar surface area (TPSA) is 52.3 Å². The summed E-state index contributed by atoms with van der Waals surface area (Å²) in [5.74, 6) is 0. The average molecular weight is 270 g/mol. The van der Waals surface area contributed by atoms with Crippen LogP contribution < -0.4 is 5.73 Å². The van der Waals surface area contributed by atoms with Crippen molar-refractivity contribution in [3.05, 3.63) is 33.8 Å². The first-order valence-corrected chi connectivity index (χ1v) is 5.68. The van der Waals surface area contributed by atoms with Crippen LogP contribution in [0.1, 0.15) is 17.5 Å². The van der Waals surface area contributed by atoms with Crippen LogP contribution in [0.3, 0.4) is 0 Å². The molecular weight excluding hydrogens is 258 g/mol. The fourth-order valence-electron chi connectivity index (χ4n) is 1.96. The third-order valence-corrected chi connectivity index (χ3v) is 3.13. The van der Waals surface area contributed by atoms with Crippen LogP contribution in [-0.4, -0.2) is 12.2 Å². The second-order valence-corrected chi connectivity index (χ2v) is 4.63. The van der Waals surface area contributed by atoms with Crippen molar-refractivity contribution in [3.63, 3.8) is 0 Å². The predicted octanol–water partition coefficient (Wildman–Crippen LogP) is 2.40. The lowest BCUT2D eigenvalue weighted by atomic mass is 9.90. The Morgan fingerprint density at radius 3 is 3.00 bits per heavy atom. The van der Waals surface area contributed by atoms with Crippen LogP contribution in [0.2, 0.25) is 0 Å². The van der Waals surface area contributed by atoms with Gasteiger partial charge in [-0.15, -0.1) is 0 Å². The first-order chi connectivity index (χ1) is 7.15. The molecule has 0 aliphatic heterocycles. The molecular formula is C11H12BrNO2. The SMILES string of the molecule is NC(=O)O[C@@H]1CCc2cc(Br)ccc2C1. The fourth-order valence-corrected chi connectivity index (χ4v) is 2.36. The van der Waals surface area contributed by atoms with Crippen LogP contribution in [0.5, 0.6) is 0 Å². The summed E-state index contributed by atoms with van der Waals surface area (Å²) in [6.07, 6.45) is 1.82. The van der Waals surface area contributed by atoms with E-state index in [1.54, 1.807) is 0 Å². The second-order valence-electron chi connectivity index (χ2n) is 3.71. The van der Waals surface area contributed by atoms with Gasteiger partial charge in [-0.25, -0.2) is 4.79 Å². The van der Waals surface area contributed by atoms with Crippen molar-refractivity contribution in [2.75, 3.05) is 0 Å². The van der Waals surface area contributed by atoms with E-state index in [9.17, 15) is 4.79 Å². The van der Waals surface area contributed by atoms with Gasteiger partial charge in [0.2, 0.25) is 0 Å². The number of benzene rings is 1. The number of rotatable bonds is 1. The van der Waals surface area contributed by atoms with Crippen LogP contribution in [0.15, 0.2) is 22.7 Å². The van der Waals surface area contributed by atoms with Gasteiger partial charge in [-0.05, 0) is 36.1 Å². The minimum absolute atomic E-state index is 0.0591. The zero-order valence-electron chi connectivity index (χ0n) is 8.20. The van der Waals surface area contributed by atoms with Crippen molar-refractivity contribution >= 4 is 22.0 Å². The molecule has 0 heterocycles. The van der Waals surface area contributed by atoms with Gasteiger partial charge in [0.1, 0.15) is 6.10 Å². The molecule has 0 fully saturated rings. The highest BCUT2D eigenvalue weighted by Crippen LogP contribution is 2.25. The molecule has 1 aliphatic carbocycles. The Labute approximate surface area is 96.7 Å². The lowest BCUT2D eigenvalue weighted by Crippen LogP contribution is -2.28. The summed E-state index contributed by atoms with van der Waals surface area (Å²) in [6, 6.07) is 6.19. The number of primary amides is 1. The molecule has 0 spiro atoms. The highest BCUT2D eigenvalue weighted by molar-refractivity contribution is 9.10. The van der Waals surface area contributed by atoms with Gasteiger partial charge >= 0.3 is 6.09 Å². The molecule has 0 aromatic heterocycles. The molecule has 1 aliphatic rings. The largest absolute Gasteiger partial charge is 0.446 e. The van der Waals surface area contributed by atoms with Crippen LogP contribution >= 0.6 is 15.9 Å². The molecule has 1 aromatic carbocycles. The number of halogens is 1. The van der Waals surface area contributed by atoms with E-state index >= 15 is 0 Å². The van der Waals surface area contributed by atoms with Crippen molar-refractivity contribution in [2.45, 2.75) is 25.4 Å². The first-order valence-electron chi connectivity index (χ1n) is 4.88. The number of amides is 1. The molecule has 15 heavy (non-hydrogen) atoms. The minimum atomic E-state index is -0.680. The zero-order chi connectivity index (χ0) is 10.8. The Morgan fingerprint density at radius 1 is 1.47 bits per heavy atom. The van der Waals surface area contributed by atoms with Gasteiger partial charge in [-0.1, -0.05) is 22.0 Å². The fraction of sp³-hybridized carbons (Fsp3) is 0.364. The quantitative estimate of drug-likeness (QED) is 0.851. The van der Waals surface area contributed by atoms with Gasteiger partial charge in [-0.3, -0.25) is 0 Å². The number of aryl methyl sites for hydroxylation is 1. The van der Waals surface area contributed by atoms with E-state index in [2.05, 4.69) is 28.1 Å². The van der Waals surface area contributed by atoms with E-state index in [0.29, 0.717) is 0 Å². The summed E-state index contributed by atoms with van der Waals surface area (Å²) >= 11 is 3.44. The minimum Gasteiger partial charge on any atom is -0.446 e. The summed E-state index contributed by atoms with van der Waals surface area (Å²) in [6.45, 7) is 0. The summed E-state index contributed by atoms with van der Waals surface area (Å²) in [7, 11) is 0. The zero-order valence-corrected chi connectivity index (χ0v) is 9.79. The molecule has 1 atom stereocenters. The Morgan fingerprint density at radius 2 is 2.27 bits per heavy atom. The van der Waals surface area contributed by atoms with Crippen LogP contribution in [0.25, 0.3) is 0 Å². The third-order valence-electron chi connectivity index (χ3n) is 2.63. The van der Waals surface area contributed by atoms with Crippen LogP contribution in [-0.2, 0) is 17.6 Å². The Hall–Kier alpha value is -1.03. The normalized spacial score (nSPS) is 19.4. The monoisotopic (exact) mass is 269 g/mol. The lowest BCUT2D eigenvalue weighted by molar-refractivity contribution is 0.0979. The Bertz CT molecular complexity index is 392. The first kappa shape index (κ1) is 10.5. The van der Waals surface area contributed by atoms with E-state index in [1.807, 2.05) is 6.07 Å². The van der Waals surface area contributed by atoms with Gasteiger partial charge in [0.15, 0.2) is 0 Å². The maximum atomic E-state index is 10.6. The Kier molecular flexibility index (Phi) is 2.95. The molecule has 2 rings (SSSR count). The number of carbonyl (C=O) groups is 1. The second kappa shape index (κ2) is 4.23. The summed E-state index contributed by atoms with van der Waals surface area (Å²) in [5, 5.41) is 0. The third kappa shape index (κ3) is 2.50. The van der Waals surface area contributed by atoms with E-state index in [-0.39, 0.29) is 6.10 Å². The summed E-state index contributed by atoms with van der Waals surface area (Å²) in [4.78, 5) is 10.6. The molecule has 2 N–H and O–H groups in total.